The average molecular weight is 323 g/mol. The predicted molar refractivity (Wildman–Crippen MR) is 65.9 cm³/mol. The van der Waals surface area contributed by atoms with Crippen LogP contribution in [0.25, 0.3) is 0 Å². The number of benzene rings is 1. The number of carbonyl (C=O) groups is 1. The molecule has 0 heterocycles. The van der Waals surface area contributed by atoms with Crippen molar-refractivity contribution in [1.29, 1.82) is 0 Å². The van der Waals surface area contributed by atoms with Crippen molar-refractivity contribution in [3.8, 4) is 5.75 Å². The van der Waals surface area contributed by atoms with E-state index in [0.29, 0.717) is 5.56 Å². The lowest BCUT2D eigenvalue weighted by molar-refractivity contribution is -0.138. The Morgan fingerprint density at radius 2 is 2.00 bits per heavy atom. The van der Waals surface area contributed by atoms with Crippen LogP contribution in [0.15, 0.2) is 10.5 Å². The lowest BCUT2D eigenvalue weighted by atomic mass is 9.81. The van der Waals surface area contributed by atoms with E-state index in [1.54, 1.807) is 13.8 Å². The summed E-state index contributed by atoms with van der Waals surface area (Å²) in [7, 11) is 1.21. The van der Waals surface area contributed by atoms with Crippen molar-refractivity contribution in [2.45, 2.75) is 25.7 Å². The van der Waals surface area contributed by atoms with E-state index in [1.165, 1.54) is 13.2 Å². The summed E-state index contributed by atoms with van der Waals surface area (Å²) in [6.45, 7) is 3.26. The van der Waals surface area contributed by atoms with Gasteiger partial charge in [0.05, 0.1) is 18.0 Å². The zero-order valence-corrected chi connectivity index (χ0v) is 11.8. The molecular weight excluding hydrogens is 310 g/mol. The molecule has 18 heavy (non-hydrogen) atoms. The van der Waals surface area contributed by atoms with Crippen molar-refractivity contribution < 1.29 is 23.4 Å². The molecule has 0 fully saturated rings. The predicted octanol–water partition coefficient (Wildman–Crippen LogP) is 3.49. The summed E-state index contributed by atoms with van der Waals surface area (Å²) in [6.07, 6.45) is -0.221. The van der Waals surface area contributed by atoms with Crippen molar-refractivity contribution >= 4 is 21.9 Å². The van der Waals surface area contributed by atoms with Crippen LogP contribution >= 0.6 is 15.9 Å². The molecule has 6 heteroatoms. The summed E-state index contributed by atoms with van der Waals surface area (Å²) in [5.41, 5.74) is -0.577. The van der Waals surface area contributed by atoms with Crippen LogP contribution in [0, 0.1) is 11.6 Å². The second kappa shape index (κ2) is 5.22. The average Bonchev–Trinajstić information content (AvgIpc) is 2.23. The molecule has 1 rings (SSSR count). The summed E-state index contributed by atoms with van der Waals surface area (Å²) in [5.74, 6) is -3.47. The number of aliphatic carboxylic acids is 1. The van der Waals surface area contributed by atoms with Crippen LogP contribution < -0.4 is 4.74 Å². The molecule has 0 aliphatic carbocycles. The fourth-order valence-corrected chi connectivity index (χ4v) is 2.16. The molecule has 0 spiro atoms. The van der Waals surface area contributed by atoms with Crippen LogP contribution in [0.3, 0.4) is 0 Å². The molecule has 0 saturated carbocycles. The number of carboxylic acids is 1. The second-order valence-electron chi connectivity index (χ2n) is 4.52. The van der Waals surface area contributed by atoms with Crippen molar-refractivity contribution in [2.24, 2.45) is 0 Å². The minimum absolute atomic E-state index is 0.0609. The Labute approximate surface area is 112 Å². The maximum absolute atomic E-state index is 13.7. The zero-order chi connectivity index (χ0) is 14.1. The van der Waals surface area contributed by atoms with E-state index in [1.807, 2.05) is 0 Å². The Hall–Kier alpha value is -1.17. The fourth-order valence-electron chi connectivity index (χ4n) is 1.75. The van der Waals surface area contributed by atoms with Crippen molar-refractivity contribution in [3.05, 3.63) is 27.7 Å². The van der Waals surface area contributed by atoms with E-state index in [2.05, 4.69) is 15.9 Å². The van der Waals surface area contributed by atoms with Crippen LogP contribution in [0.5, 0.6) is 5.75 Å². The van der Waals surface area contributed by atoms with Crippen molar-refractivity contribution in [2.75, 3.05) is 7.11 Å². The monoisotopic (exact) mass is 322 g/mol. The van der Waals surface area contributed by atoms with Gasteiger partial charge in [-0.2, -0.15) is 4.39 Å². The van der Waals surface area contributed by atoms with E-state index in [9.17, 15) is 13.6 Å². The number of hydrogen-bond donors (Lipinski definition) is 1. The van der Waals surface area contributed by atoms with Gasteiger partial charge < -0.3 is 9.84 Å². The topological polar surface area (TPSA) is 46.5 Å². The SMILES string of the molecule is COc1c(C(C)(C)CC(=O)O)cc(Br)c(F)c1F. The number of halogens is 3. The Kier molecular flexibility index (Phi) is 4.32. The van der Waals surface area contributed by atoms with Crippen LogP contribution in [-0.2, 0) is 10.2 Å². The molecule has 0 aliphatic heterocycles. The van der Waals surface area contributed by atoms with E-state index in [0.717, 1.165) is 0 Å². The summed E-state index contributed by atoms with van der Waals surface area (Å²) < 4.78 is 31.9. The Bertz CT molecular complexity index is 487. The number of rotatable bonds is 4. The van der Waals surface area contributed by atoms with E-state index in [-0.39, 0.29) is 16.6 Å². The summed E-state index contributed by atoms with van der Waals surface area (Å²) in [6, 6.07) is 1.35. The standard InChI is InChI=1S/C12H13BrF2O3/c1-12(2,5-8(16)17)6-4-7(13)9(14)10(15)11(6)18-3/h4H,5H2,1-3H3,(H,16,17). The highest BCUT2D eigenvalue weighted by Crippen LogP contribution is 2.39. The van der Waals surface area contributed by atoms with Gasteiger partial charge >= 0.3 is 5.97 Å². The number of hydrogen-bond acceptors (Lipinski definition) is 2. The molecule has 0 saturated heterocycles. The van der Waals surface area contributed by atoms with Gasteiger partial charge in [-0.1, -0.05) is 13.8 Å². The first-order valence-electron chi connectivity index (χ1n) is 5.14. The van der Waals surface area contributed by atoms with E-state index < -0.39 is 23.0 Å². The van der Waals surface area contributed by atoms with E-state index in [4.69, 9.17) is 9.84 Å². The molecule has 0 bridgehead atoms. The summed E-state index contributed by atoms with van der Waals surface area (Å²) >= 11 is 2.90. The highest BCUT2D eigenvalue weighted by molar-refractivity contribution is 9.10. The Morgan fingerprint density at radius 1 is 1.44 bits per heavy atom. The van der Waals surface area contributed by atoms with Crippen LogP contribution in [-0.4, -0.2) is 18.2 Å². The molecule has 0 amide bonds. The number of ether oxygens (including phenoxy) is 1. The molecule has 1 aromatic carbocycles. The Morgan fingerprint density at radius 3 is 2.44 bits per heavy atom. The molecule has 1 aromatic rings. The molecule has 0 unspecified atom stereocenters. The van der Waals surface area contributed by atoms with Gasteiger partial charge in [0.1, 0.15) is 0 Å². The second-order valence-corrected chi connectivity index (χ2v) is 5.38. The van der Waals surface area contributed by atoms with Gasteiger partial charge in [0.15, 0.2) is 11.6 Å². The molecular formula is C12H13BrF2O3. The zero-order valence-electron chi connectivity index (χ0n) is 10.2. The Balaban J connectivity index is 3.44. The smallest absolute Gasteiger partial charge is 0.304 e. The van der Waals surface area contributed by atoms with Gasteiger partial charge in [0.2, 0.25) is 5.82 Å². The largest absolute Gasteiger partial charge is 0.493 e. The quantitative estimate of drug-likeness (QED) is 0.863. The van der Waals surface area contributed by atoms with Gasteiger partial charge in [0, 0.05) is 11.0 Å². The maximum Gasteiger partial charge on any atom is 0.304 e. The minimum atomic E-state index is -1.12. The third kappa shape index (κ3) is 2.80. The third-order valence-electron chi connectivity index (χ3n) is 2.64. The van der Waals surface area contributed by atoms with Gasteiger partial charge in [-0.3, -0.25) is 4.79 Å². The summed E-state index contributed by atoms with van der Waals surface area (Å²) in [4.78, 5) is 10.8. The van der Waals surface area contributed by atoms with Gasteiger partial charge in [-0.25, -0.2) is 4.39 Å². The van der Waals surface area contributed by atoms with E-state index >= 15 is 0 Å². The third-order valence-corrected chi connectivity index (χ3v) is 3.22. The normalized spacial score (nSPS) is 11.4. The van der Waals surface area contributed by atoms with Crippen molar-refractivity contribution in [1.82, 2.24) is 0 Å². The first kappa shape index (κ1) is 14.9. The molecule has 0 aromatic heterocycles. The first-order chi connectivity index (χ1) is 8.20. The minimum Gasteiger partial charge on any atom is -0.493 e. The number of methoxy groups -OCH3 is 1. The highest BCUT2D eigenvalue weighted by Gasteiger charge is 2.31. The van der Waals surface area contributed by atoms with Crippen LogP contribution in [0.2, 0.25) is 0 Å². The van der Waals surface area contributed by atoms with Gasteiger partial charge in [0.25, 0.3) is 0 Å². The lowest BCUT2D eigenvalue weighted by Crippen LogP contribution is -2.23. The lowest BCUT2D eigenvalue weighted by Gasteiger charge is -2.26. The van der Waals surface area contributed by atoms with Gasteiger partial charge in [-0.15, -0.1) is 0 Å². The van der Waals surface area contributed by atoms with Crippen molar-refractivity contribution in [3.63, 3.8) is 0 Å². The van der Waals surface area contributed by atoms with Crippen LogP contribution in [0.4, 0.5) is 8.78 Å². The molecule has 0 radical (unpaired) electrons. The first-order valence-corrected chi connectivity index (χ1v) is 5.93. The molecule has 3 nitrogen and oxygen atoms in total. The molecule has 1 N–H and O–H groups in total. The number of carboxylic acid groups (broad SMARTS) is 1. The highest BCUT2D eigenvalue weighted by atomic mass is 79.9. The molecule has 0 aliphatic rings. The summed E-state index contributed by atoms with van der Waals surface area (Å²) in [5, 5.41) is 8.85. The van der Waals surface area contributed by atoms with Crippen LogP contribution in [0.1, 0.15) is 25.8 Å². The van der Waals surface area contributed by atoms with Gasteiger partial charge in [-0.05, 0) is 22.0 Å². The molecule has 100 valence electrons. The fraction of sp³-hybridized carbons (Fsp3) is 0.417. The molecule has 0 atom stereocenters. The maximum atomic E-state index is 13.7.